The van der Waals surface area contributed by atoms with Gasteiger partial charge in [0.1, 0.15) is 0 Å². The van der Waals surface area contributed by atoms with Crippen molar-refractivity contribution in [3.8, 4) is 0 Å². The highest BCUT2D eigenvalue weighted by molar-refractivity contribution is 6.05. The Morgan fingerprint density at radius 3 is 2.65 bits per heavy atom. The molecule has 2 heteroatoms. The van der Waals surface area contributed by atoms with Crippen molar-refractivity contribution in [3.05, 3.63) is 42.6 Å². The Hall–Kier alpha value is -1.83. The lowest BCUT2D eigenvalue weighted by Crippen LogP contribution is -2.13. The van der Waals surface area contributed by atoms with Gasteiger partial charge in [0.2, 0.25) is 0 Å². The van der Waals surface area contributed by atoms with Crippen LogP contribution in [-0.2, 0) is 6.54 Å². The smallest absolute Gasteiger partial charge is 0.0959 e. The van der Waals surface area contributed by atoms with E-state index in [-0.39, 0.29) is 0 Å². The van der Waals surface area contributed by atoms with Crippen LogP contribution in [0.4, 0.5) is 0 Å². The molecule has 1 saturated carbocycles. The van der Waals surface area contributed by atoms with Crippen LogP contribution in [0.5, 0.6) is 0 Å². The first kappa shape index (κ1) is 12.0. The van der Waals surface area contributed by atoms with Gasteiger partial charge in [-0.15, -0.1) is 0 Å². The fraction of sp³-hybridized carbons (Fsp3) is 0.389. The summed E-state index contributed by atoms with van der Waals surface area (Å²) in [5.74, 6) is 0.836. The van der Waals surface area contributed by atoms with Crippen molar-refractivity contribution in [3.63, 3.8) is 0 Å². The molecule has 2 heterocycles. The molecular weight excluding hydrogens is 244 g/mol. The zero-order valence-corrected chi connectivity index (χ0v) is 11.8. The van der Waals surface area contributed by atoms with Crippen molar-refractivity contribution >= 4 is 21.9 Å². The van der Waals surface area contributed by atoms with E-state index >= 15 is 0 Å². The van der Waals surface area contributed by atoms with E-state index in [1.54, 1.807) is 0 Å². The number of aromatic nitrogens is 2. The normalized spacial score (nSPS) is 17.0. The van der Waals surface area contributed by atoms with Crippen molar-refractivity contribution in [1.29, 1.82) is 0 Å². The van der Waals surface area contributed by atoms with Gasteiger partial charge in [0.15, 0.2) is 0 Å². The molecule has 1 aromatic carbocycles. The summed E-state index contributed by atoms with van der Waals surface area (Å²) >= 11 is 0. The molecule has 0 aliphatic heterocycles. The van der Waals surface area contributed by atoms with Crippen LogP contribution < -0.4 is 0 Å². The van der Waals surface area contributed by atoms with Crippen LogP contribution >= 0.6 is 0 Å². The maximum absolute atomic E-state index is 4.60. The Balaban J connectivity index is 1.86. The number of fused-ring (bicyclic) bond motifs is 3. The third-order valence-electron chi connectivity index (χ3n) is 4.69. The number of hydrogen-bond donors (Lipinski definition) is 0. The van der Waals surface area contributed by atoms with E-state index in [4.69, 9.17) is 0 Å². The molecule has 1 fully saturated rings. The second-order valence-electron chi connectivity index (χ2n) is 6.00. The zero-order chi connectivity index (χ0) is 13.4. The lowest BCUT2D eigenvalue weighted by molar-refractivity contribution is 0.325. The third-order valence-corrected chi connectivity index (χ3v) is 4.69. The van der Waals surface area contributed by atoms with E-state index < -0.39 is 0 Å². The summed E-state index contributed by atoms with van der Waals surface area (Å²) in [6.07, 6.45) is 8.90. The molecule has 2 aromatic heterocycles. The fourth-order valence-corrected chi connectivity index (χ4v) is 3.69. The number of para-hydroxylation sites is 1. The summed E-state index contributed by atoms with van der Waals surface area (Å²) in [5, 5.41) is 1.29. The molecule has 2 nitrogen and oxygen atoms in total. The van der Waals surface area contributed by atoms with Gasteiger partial charge in [0, 0.05) is 18.1 Å². The van der Waals surface area contributed by atoms with E-state index in [9.17, 15) is 0 Å². The number of hydrogen-bond acceptors (Lipinski definition) is 1. The summed E-state index contributed by atoms with van der Waals surface area (Å²) in [6, 6.07) is 13.0. The molecule has 4 rings (SSSR count). The highest BCUT2D eigenvalue weighted by atomic mass is 15.0. The molecule has 102 valence electrons. The Bertz CT molecular complexity index is 682. The summed E-state index contributed by atoms with van der Waals surface area (Å²) in [5.41, 5.74) is 3.78. The van der Waals surface area contributed by atoms with Crippen LogP contribution in [0.1, 0.15) is 32.1 Å². The average molecular weight is 264 g/mol. The highest BCUT2D eigenvalue weighted by Gasteiger charge is 2.17. The fourth-order valence-electron chi connectivity index (χ4n) is 3.69. The van der Waals surface area contributed by atoms with Gasteiger partial charge < -0.3 is 4.57 Å². The van der Waals surface area contributed by atoms with Gasteiger partial charge >= 0.3 is 0 Å². The molecule has 0 radical (unpaired) electrons. The lowest BCUT2D eigenvalue weighted by Gasteiger charge is -2.22. The molecule has 1 aliphatic carbocycles. The number of benzene rings is 1. The molecular formula is C18H20N2. The van der Waals surface area contributed by atoms with Crippen molar-refractivity contribution < 1.29 is 0 Å². The monoisotopic (exact) mass is 264 g/mol. The third kappa shape index (κ3) is 1.91. The topological polar surface area (TPSA) is 17.8 Å². The Morgan fingerprint density at radius 1 is 0.950 bits per heavy atom. The lowest BCUT2D eigenvalue weighted by atomic mass is 9.89. The minimum absolute atomic E-state index is 0.836. The Morgan fingerprint density at radius 2 is 1.75 bits per heavy atom. The molecule has 0 atom stereocenters. The maximum Gasteiger partial charge on any atom is 0.0959 e. The number of nitrogens with zero attached hydrogens (tertiary/aromatic N) is 2. The molecule has 20 heavy (non-hydrogen) atoms. The Kier molecular flexibility index (Phi) is 2.95. The molecule has 0 spiro atoms. The van der Waals surface area contributed by atoms with Gasteiger partial charge in [-0.3, -0.25) is 4.98 Å². The number of pyridine rings is 1. The van der Waals surface area contributed by atoms with E-state index in [1.807, 2.05) is 6.20 Å². The largest absolute Gasteiger partial charge is 0.339 e. The Labute approximate surface area is 119 Å². The zero-order valence-electron chi connectivity index (χ0n) is 11.8. The first-order valence-corrected chi connectivity index (χ1v) is 7.75. The van der Waals surface area contributed by atoms with Crippen molar-refractivity contribution in [2.24, 2.45) is 5.92 Å². The van der Waals surface area contributed by atoms with E-state index in [0.29, 0.717) is 0 Å². The maximum atomic E-state index is 4.60. The summed E-state index contributed by atoms with van der Waals surface area (Å²) in [7, 11) is 0. The van der Waals surface area contributed by atoms with Gasteiger partial charge in [-0.05, 0) is 37.0 Å². The second kappa shape index (κ2) is 4.93. The quantitative estimate of drug-likeness (QED) is 0.652. The molecule has 0 N–H and O–H groups in total. The molecule has 0 saturated heterocycles. The predicted molar refractivity (Wildman–Crippen MR) is 83.8 cm³/mol. The van der Waals surface area contributed by atoms with Gasteiger partial charge in [0.25, 0.3) is 0 Å². The minimum atomic E-state index is 0.836. The predicted octanol–water partition coefficient (Wildman–Crippen LogP) is 4.77. The number of rotatable bonds is 2. The summed E-state index contributed by atoms with van der Waals surface area (Å²) in [4.78, 5) is 4.60. The van der Waals surface area contributed by atoms with Crippen LogP contribution in [0.3, 0.4) is 0 Å². The van der Waals surface area contributed by atoms with Gasteiger partial charge in [-0.1, -0.05) is 37.5 Å². The standard InChI is InChI=1S/C18H20N2/c1-2-7-14(8-3-1)13-20-16-10-5-4-9-15(16)18-17(20)11-6-12-19-18/h4-6,9-12,14H,1-3,7-8,13H2. The van der Waals surface area contributed by atoms with Gasteiger partial charge in [-0.2, -0.15) is 0 Å². The van der Waals surface area contributed by atoms with Gasteiger partial charge in [-0.25, -0.2) is 0 Å². The molecule has 3 aromatic rings. The first-order chi connectivity index (χ1) is 9.93. The first-order valence-electron chi connectivity index (χ1n) is 7.75. The highest BCUT2D eigenvalue weighted by Crippen LogP contribution is 2.31. The molecule has 1 aliphatic rings. The summed E-state index contributed by atoms with van der Waals surface area (Å²) in [6.45, 7) is 1.15. The molecule has 0 bridgehead atoms. The van der Waals surface area contributed by atoms with Crippen LogP contribution in [-0.4, -0.2) is 9.55 Å². The molecule has 0 amide bonds. The van der Waals surface area contributed by atoms with Crippen LogP contribution in [0.15, 0.2) is 42.6 Å². The van der Waals surface area contributed by atoms with E-state index in [2.05, 4.69) is 45.9 Å². The second-order valence-corrected chi connectivity index (χ2v) is 6.00. The van der Waals surface area contributed by atoms with Crippen molar-refractivity contribution in [1.82, 2.24) is 9.55 Å². The summed E-state index contributed by atoms with van der Waals surface area (Å²) < 4.78 is 2.49. The SMILES string of the molecule is c1ccc2c(c1)c1ncccc1n2CC1CCCCC1. The molecule has 0 unspecified atom stereocenters. The van der Waals surface area contributed by atoms with Crippen LogP contribution in [0, 0.1) is 5.92 Å². The average Bonchev–Trinajstić information content (AvgIpc) is 2.84. The minimum Gasteiger partial charge on any atom is -0.339 e. The van der Waals surface area contributed by atoms with E-state index in [0.717, 1.165) is 18.0 Å². The van der Waals surface area contributed by atoms with Crippen molar-refractivity contribution in [2.45, 2.75) is 38.6 Å². The van der Waals surface area contributed by atoms with Crippen LogP contribution in [0.2, 0.25) is 0 Å². The van der Waals surface area contributed by atoms with Crippen molar-refractivity contribution in [2.75, 3.05) is 0 Å². The van der Waals surface area contributed by atoms with E-state index in [1.165, 1.54) is 48.5 Å². The van der Waals surface area contributed by atoms with Gasteiger partial charge in [0.05, 0.1) is 16.6 Å². The van der Waals surface area contributed by atoms with Crippen LogP contribution in [0.25, 0.3) is 21.9 Å².